The molecular formula is C15H15FN2O2S. The molecule has 0 aliphatic rings. The van der Waals surface area contributed by atoms with E-state index in [4.69, 9.17) is 0 Å². The van der Waals surface area contributed by atoms with Gasteiger partial charge >= 0.3 is 0 Å². The Kier molecular flexibility index (Phi) is 4.47. The minimum atomic E-state index is -0.718. The molecule has 0 saturated carbocycles. The molecule has 110 valence electrons. The SMILES string of the molecule is CCc1nc(NC(=O)c2ccc(C(C)=O)cc2F)sc1C. The summed E-state index contributed by atoms with van der Waals surface area (Å²) < 4.78 is 13.9. The predicted molar refractivity (Wildman–Crippen MR) is 80.6 cm³/mol. The van der Waals surface area contributed by atoms with Crippen molar-refractivity contribution in [2.24, 2.45) is 0 Å². The number of halogens is 1. The van der Waals surface area contributed by atoms with Crippen LogP contribution in [0.3, 0.4) is 0 Å². The number of aryl methyl sites for hydroxylation is 2. The molecule has 2 rings (SSSR count). The quantitative estimate of drug-likeness (QED) is 0.878. The monoisotopic (exact) mass is 306 g/mol. The number of carbonyl (C=O) groups is 2. The predicted octanol–water partition coefficient (Wildman–Crippen LogP) is 3.61. The van der Waals surface area contributed by atoms with Crippen LogP contribution in [-0.4, -0.2) is 16.7 Å². The van der Waals surface area contributed by atoms with Gasteiger partial charge in [-0.3, -0.25) is 14.9 Å². The lowest BCUT2D eigenvalue weighted by molar-refractivity contribution is 0.100. The van der Waals surface area contributed by atoms with Gasteiger partial charge in [-0.15, -0.1) is 11.3 Å². The van der Waals surface area contributed by atoms with Gasteiger partial charge in [-0.05, 0) is 32.4 Å². The highest BCUT2D eigenvalue weighted by atomic mass is 32.1. The number of rotatable bonds is 4. The maximum atomic E-state index is 13.9. The van der Waals surface area contributed by atoms with Gasteiger partial charge in [0.1, 0.15) is 5.82 Å². The molecule has 4 nitrogen and oxygen atoms in total. The highest BCUT2D eigenvalue weighted by Gasteiger charge is 2.16. The van der Waals surface area contributed by atoms with Gasteiger partial charge in [0, 0.05) is 10.4 Å². The summed E-state index contributed by atoms with van der Waals surface area (Å²) in [5.74, 6) is -1.54. The van der Waals surface area contributed by atoms with Crippen molar-refractivity contribution in [1.82, 2.24) is 4.98 Å². The Morgan fingerprint density at radius 2 is 2.10 bits per heavy atom. The molecule has 1 heterocycles. The summed E-state index contributed by atoms with van der Waals surface area (Å²) in [6.45, 7) is 5.25. The molecule has 2 aromatic rings. The first-order valence-corrected chi connectivity index (χ1v) is 7.32. The fraction of sp³-hybridized carbons (Fsp3) is 0.267. The van der Waals surface area contributed by atoms with Crippen molar-refractivity contribution in [1.29, 1.82) is 0 Å². The Bertz CT molecular complexity index is 710. The first-order valence-electron chi connectivity index (χ1n) is 6.50. The Morgan fingerprint density at radius 1 is 1.38 bits per heavy atom. The molecule has 0 aliphatic carbocycles. The smallest absolute Gasteiger partial charge is 0.260 e. The molecule has 1 aromatic heterocycles. The highest BCUT2D eigenvalue weighted by Crippen LogP contribution is 2.23. The van der Waals surface area contributed by atoms with Gasteiger partial charge in [0.05, 0.1) is 11.3 Å². The van der Waals surface area contributed by atoms with E-state index in [-0.39, 0.29) is 16.9 Å². The van der Waals surface area contributed by atoms with Crippen LogP contribution in [0.25, 0.3) is 0 Å². The van der Waals surface area contributed by atoms with Crippen LogP contribution in [0.15, 0.2) is 18.2 Å². The molecular weight excluding hydrogens is 291 g/mol. The summed E-state index contributed by atoms with van der Waals surface area (Å²) in [6.07, 6.45) is 0.778. The van der Waals surface area contributed by atoms with E-state index in [1.807, 2.05) is 13.8 Å². The molecule has 0 fully saturated rings. The molecule has 0 radical (unpaired) electrons. The number of aromatic nitrogens is 1. The van der Waals surface area contributed by atoms with E-state index in [0.29, 0.717) is 5.13 Å². The number of nitrogens with zero attached hydrogens (tertiary/aromatic N) is 1. The van der Waals surface area contributed by atoms with E-state index in [1.54, 1.807) is 0 Å². The van der Waals surface area contributed by atoms with Gasteiger partial charge in [0.25, 0.3) is 5.91 Å². The van der Waals surface area contributed by atoms with Crippen molar-refractivity contribution in [3.63, 3.8) is 0 Å². The second kappa shape index (κ2) is 6.13. The third-order valence-electron chi connectivity index (χ3n) is 3.07. The number of benzene rings is 1. The molecule has 0 unspecified atom stereocenters. The minimum absolute atomic E-state index is 0.106. The van der Waals surface area contributed by atoms with Gasteiger partial charge < -0.3 is 0 Å². The summed E-state index contributed by atoms with van der Waals surface area (Å²) in [7, 11) is 0. The Labute approximate surface area is 126 Å². The largest absolute Gasteiger partial charge is 0.298 e. The lowest BCUT2D eigenvalue weighted by Gasteiger charge is -2.04. The van der Waals surface area contributed by atoms with Gasteiger partial charge in [-0.2, -0.15) is 0 Å². The number of ketones is 1. The second-order valence-corrected chi connectivity index (χ2v) is 5.78. The van der Waals surface area contributed by atoms with Crippen LogP contribution >= 0.6 is 11.3 Å². The third-order valence-corrected chi connectivity index (χ3v) is 4.00. The highest BCUT2D eigenvalue weighted by molar-refractivity contribution is 7.15. The van der Waals surface area contributed by atoms with E-state index in [1.165, 1.54) is 30.4 Å². The molecule has 1 N–H and O–H groups in total. The van der Waals surface area contributed by atoms with E-state index in [9.17, 15) is 14.0 Å². The minimum Gasteiger partial charge on any atom is -0.298 e. The average Bonchev–Trinajstić information content (AvgIpc) is 2.78. The molecule has 0 atom stereocenters. The number of amides is 1. The number of Topliss-reactive ketones (excluding diaryl/α,β-unsaturated/α-hetero) is 1. The topological polar surface area (TPSA) is 59.1 Å². The lowest BCUT2D eigenvalue weighted by atomic mass is 10.1. The Hall–Kier alpha value is -2.08. The molecule has 0 saturated heterocycles. The number of anilines is 1. The maximum Gasteiger partial charge on any atom is 0.260 e. The zero-order chi connectivity index (χ0) is 15.6. The summed E-state index contributed by atoms with van der Waals surface area (Å²) in [6, 6.07) is 3.81. The van der Waals surface area contributed by atoms with Crippen molar-refractivity contribution in [3.05, 3.63) is 45.7 Å². The van der Waals surface area contributed by atoms with Crippen molar-refractivity contribution in [2.75, 3.05) is 5.32 Å². The normalized spacial score (nSPS) is 10.5. The summed E-state index contributed by atoms with van der Waals surface area (Å²) in [4.78, 5) is 28.5. The number of carbonyl (C=O) groups excluding carboxylic acids is 2. The summed E-state index contributed by atoms with van der Waals surface area (Å²) in [5, 5.41) is 3.04. The maximum absolute atomic E-state index is 13.9. The molecule has 0 bridgehead atoms. The van der Waals surface area contributed by atoms with Gasteiger partial charge in [-0.25, -0.2) is 9.37 Å². The van der Waals surface area contributed by atoms with Crippen molar-refractivity contribution in [2.45, 2.75) is 27.2 Å². The number of nitrogens with one attached hydrogen (secondary N) is 1. The van der Waals surface area contributed by atoms with Crippen LogP contribution in [0.4, 0.5) is 9.52 Å². The van der Waals surface area contributed by atoms with Crippen LogP contribution in [0.1, 0.15) is 45.1 Å². The van der Waals surface area contributed by atoms with E-state index in [2.05, 4.69) is 10.3 Å². The van der Waals surface area contributed by atoms with Crippen molar-refractivity contribution < 1.29 is 14.0 Å². The summed E-state index contributed by atoms with van der Waals surface area (Å²) >= 11 is 1.36. The number of thiazole rings is 1. The van der Waals surface area contributed by atoms with Crippen molar-refractivity contribution in [3.8, 4) is 0 Å². The fourth-order valence-corrected chi connectivity index (χ4v) is 2.79. The summed E-state index contributed by atoms with van der Waals surface area (Å²) in [5.41, 5.74) is 1.05. The average molecular weight is 306 g/mol. The van der Waals surface area contributed by atoms with Gasteiger partial charge in [0.2, 0.25) is 0 Å². The lowest BCUT2D eigenvalue weighted by Crippen LogP contribution is -2.14. The number of hydrogen-bond acceptors (Lipinski definition) is 4. The molecule has 1 amide bonds. The fourth-order valence-electron chi connectivity index (χ4n) is 1.89. The van der Waals surface area contributed by atoms with E-state index >= 15 is 0 Å². The van der Waals surface area contributed by atoms with E-state index in [0.717, 1.165) is 23.1 Å². The molecule has 6 heteroatoms. The van der Waals surface area contributed by atoms with Crippen LogP contribution in [0.5, 0.6) is 0 Å². The number of hydrogen-bond donors (Lipinski definition) is 1. The van der Waals surface area contributed by atoms with Gasteiger partial charge in [0.15, 0.2) is 10.9 Å². The third kappa shape index (κ3) is 3.33. The van der Waals surface area contributed by atoms with E-state index < -0.39 is 11.7 Å². The molecule has 1 aromatic carbocycles. The zero-order valence-corrected chi connectivity index (χ0v) is 12.8. The first kappa shape index (κ1) is 15.3. The van der Waals surface area contributed by atoms with Crippen LogP contribution in [0, 0.1) is 12.7 Å². The first-order chi connectivity index (χ1) is 9.92. The van der Waals surface area contributed by atoms with Gasteiger partial charge in [-0.1, -0.05) is 13.0 Å². The van der Waals surface area contributed by atoms with Crippen LogP contribution in [0.2, 0.25) is 0 Å². The standard InChI is InChI=1S/C15H15FN2O2S/c1-4-13-9(3)21-15(17-13)18-14(20)11-6-5-10(8(2)19)7-12(11)16/h5-7H,4H2,1-3H3,(H,17,18,20). The van der Waals surface area contributed by atoms with Crippen molar-refractivity contribution >= 4 is 28.2 Å². The second-order valence-electron chi connectivity index (χ2n) is 4.58. The Morgan fingerprint density at radius 3 is 2.62 bits per heavy atom. The molecule has 0 spiro atoms. The zero-order valence-electron chi connectivity index (χ0n) is 12.0. The van der Waals surface area contributed by atoms with Crippen LogP contribution in [-0.2, 0) is 6.42 Å². The molecule has 0 aliphatic heterocycles. The van der Waals surface area contributed by atoms with Crippen LogP contribution < -0.4 is 5.32 Å². The molecule has 21 heavy (non-hydrogen) atoms. The Balaban J connectivity index is 2.22.